The van der Waals surface area contributed by atoms with Crippen LogP contribution in [0, 0.1) is 0 Å². The van der Waals surface area contributed by atoms with Gasteiger partial charge in [0.15, 0.2) is 6.61 Å². The van der Waals surface area contributed by atoms with E-state index in [0.29, 0.717) is 22.9 Å². The minimum absolute atomic E-state index is 0.0933. The van der Waals surface area contributed by atoms with Gasteiger partial charge in [0.1, 0.15) is 18.1 Å². The smallest absolute Gasteiger partial charge is 0.258 e. The first kappa shape index (κ1) is 20.7. The molecule has 2 N–H and O–H groups in total. The number of hydrogen-bond donors (Lipinski definition) is 2. The fourth-order valence-corrected chi connectivity index (χ4v) is 2.71. The van der Waals surface area contributed by atoms with Crippen LogP contribution < -0.4 is 14.8 Å². The highest BCUT2D eigenvalue weighted by molar-refractivity contribution is 6.30. The van der Waals surface area contributed by atoms with Crippen molar-refractivity contribution in [3.8, 4) is 11.5 Å². The molecule has 0 heterocycles. The molecule has 0 bridgehead atoms. The lowest BCUT2D eigenvalue weighted by Crippen LogP contribution is -2.32. The minimum atomic E-state index is -0.808. The van der Waals surface area contributed by atoms with Gasteiger partial charge in [-0.25, -0.2) is 0 Å². The molecule has 3 rings (SSSR count). The molecule has 1 amide bonds. The third-order valence-corrected chi connectivity index (χ3v) is 4.44. The highest BCUT2D eigenvalue weighted by atomic mass is 35.5. The first-order chi connectivity index (χ1) is 14.1. The molecule has 29 heavy (non-hydrogen) atoms. The summed E-state index contributed by atoms with van der Waals surface area (Å²) in [6.07, 6.45) is -0.808. The number of amides is 1. The van der Waals surface area contributed by atoms with Crippen molar-refractivity contribution < 1.29 is 19.4 Å². The van der Waals surface area contributed by atoms with E-state index < -0.39 is 6.10 Å². The third-order valence-electron chi connectivity index (χ3n) is 4.19. The van der Waals surface area contributed by atoms with Crippen molar-refractivity contribution >= 4 is 17.5 Å². The maximum absolute atomic E-state index is 11.9. The van der Waals surface area contributed by atoms with E-state index in [1.165, 1.54) is 0 Å². The molecule has 0 aliphatic rings. The summed E-state index contributed by atoms with van der Waals surface area (Å²) in [6, 6.07) is 23.8. The molecule has 0 spiro atoms. The number of halogens is 1. The Morgan fingerprint density at radius 2 is 1.52 bits per heavy atom. The van der Waals surface area contributed by atoms with E-state index in [2.05, 4.69) is 5.32 Å². The predicted octanol–water partition coefficient (Wildman–Crippen LogP) is 4.15. The van der Waals surface area contributed by atoms with Crippen LogP contribution in [0.1, 0.15) is 17.2 Å². The fraction of sp³-hybridized carbons (Fsp3) is 0.174. The number of hydrogen-bond acceptors (Lipinski definition) is 4. The van der Waals surface area contributed by atoms with Gasteiger partial charge in [0.05, 0.1) is 6.10 Å². The second-order valence-electron chi connectivity index (χ2n) is 6.41. The zero-order valence-corrected chi connectivity index (χ0v) is 16.5. The monoisotopic (exact) mass is 411 g/mol. The normalized spacial score (nSPS) is 11.5. The van der Waals surface area contributed by atoms with Gasteiger partial charge < -0.3 is 19.9 Å². The largest absolute Gasteiger partial charge is 0.489 e. The molecule has 0 saturated carbocycles. The van der Waals surface area contributed by atoms with Gasteiger partial charge in [0, 0.05) is 11.6 Å². The summed E-state index contributed by atoms with van der Waals surface area (Å²) in [5.74, 6) is 0.963. The van der Waals surface area contributed by atoms with Crippen molar-refractivity contribution in [3.05, 3.63) is 95.0 Å². The van der Waals surface area contributed by atoms with Crippen LogP contribution in [0.5, 0.6) is 11.5 Å². The SMILES string of the molecule is O=C(COc1ccc(OCc2ccccc2)cc1)NCC(O)c1ccc(Cl)cc1. The van der Waals surface area contributed by atoms with Crippen LogP contribution in [0.3, 0.4) is 0 Å². The average Bonchev–Trinajstić information content (AvgIpc) is 2.76. The van der Waals surface area contributed by atoms with Crippen LogP contribution in [-0.2, 0) is 11.4 Å². The molecular formula is C23H22ClNO4. The molecule has 0 fully saturated rings. The van der Waals surface area contributed by atoms with Crippen LogP contribution in [-0.4, -0.2) is 24.2 Å². The minimum Gasteiger partial charge on any atom is -0.489 e. The summed E-state index contributed by atoms with van der Waals surface area (Å²) in [7, 11) is 0. The Kier molecular flexibility index (Phi) is 7.50. The Morgan fingerprint density at radius 1 is 0.897 bits per heavy atom. The van der Waals surface area contributed by atoms with Gasteiger partial charge in [-0.15, -0.1) is 0 Å². The van der Waals surface area contributed by atoms with Crippen molar-refractivity contribution in [2.75, 3.05) is 13.2 Å². The highest BCUT2D eigenvalue weighted by Gasteiger charge is 2.10. The van der Waals surface area contributed by atoms with E-state index in [-0.39, 0.29) is 19.1 Å². The first-order valence-electron chi connectivity index (χ1n) is 9.20. The maximum Gasteiger partial charge on any atom is 0.258 e. The van der Waals surface area contributed by atoms with Gasteiger partial charge in [-0.2, -0.15) is 0 Å². The van der Waals surface area contributed by atoms with Crippen molar-refractivity contribution in [1.29, 1.82) is 0 Å². The van der Waals surface area contributed by atoms with Gasteiger partial charge in [-0.3, -0.25) is 4.79 Å². The summed E-state index contributed by atoms with van der Waals surface area (Å²) in [4.78, 5) is 11.9. The lowest BCUT2D eigenvalue weighted by molar-refractivity contribution is -0.123. The standard InChI is InChI=1S/C23H22ClNO4/c24-19-8-6-18(7-9-19)22(26)14-25-23(27)16-29-21-12-10-20(11-13-21)28-15-17-4-2-1-3-5-17/h1-13,22,26H,14-16H2,(H,25,27). The molecule has 3 aromatic carbocycles. The van der Waals surface area contributed by atoms with Crippen LogP contribution in [0.2, 0.25) is 5.02 Å². The van der Waals surface area contributed by atoms with Crippen LogP contribution in [0.25, 0.3) is 0 Å². The number of carbonyl (C=O) groups is 1. The Bertz CT molecular complexity index is 898. The fourth-order valence-electron chi connectivity index (χ4n) is 2.59. The number of aliphatic hydroxyl groups excluding tert-OH is 1. The lowest BCUT2D eigenvalue weighted by atomic mass is 10.1. The summed E-state index contributed by atoms with van der Waals surface area (Å²) < 4.78 is 11.2. The molecule has 0 aromatic heterocycles. The van der Waals surface area contributed by atoms with Gasteiger partial charge in [0.2, 0.25) is 0 Å². The lowest BCUT2D eigenvalue weighted by Gasteiger charge is -2.13. The van der Waals surface area contributed by atoms with Crippen molar-refractivity contribution in [2.45, 2.75) is 12.7 Å². The Labute approximate surface area is 174 Å². The van der Waals surface area contributed by atoms with Crippen LogP contribution in [0.4, 0.5) is 0 Å². The topological polar surface area (TPSA) is 67.8 Å². The van der Waals surface area contributed by atoms with Gasteiger partial charge in [-0.1, -0.05) is 54.1 Å². The molecule has 1 atom stereocenters. The summed E-state index contributed by atoms with van der Waals surface area (Å²) in [5.41, 5.74) is 1.77. The average molecular weight is 412 g/mol. The number of carbonyl (C=O) groups excluding carboxylic acids is 1. The maximum atomic E-state index is 11.9. The Hall–Kier alpha value is -3.02. The molecule has 6 heteroatoms. The van der Waals surface area contributed by atoms with Gasteiger partial charge >= 0.3 is 0 Å². The summed E-state index contributed by atoms with van der Waals surface area (Å²) >= 11 is 5.82. The van der Waals surface area contributed by atoms with E-state index >= 15 is 0 Å². The number of benzene rings is 3. The molecule has 1 unspecified atom stereocenters. The van der Waals surface area contributed by atoms with E-state index in [1.54, 1.807) is 48.5 Å². The molecule has 0 saturated heterocycles. The third kappa shape index (κ3) is 6.82. The van der Waals surface area contributed by atoms with Gasteiger partial charge in [-0.05, 0) is 47.5 Å². The highest BCUT2D eigenvalue weighted by Crippen LogP contribution is 2.19. The summed E-state index contributed by atoms with van der Waals surface area (Å²) in [6.45, 7) is 0.438. The van der Waals surface area contributed by atoms with Crippen LogP contribution in [0.15, 0.2) is 78.9 Å². The van der Waals surface area contributed by atoms with E-state index in [9.17, 15) is 9.90 Å². The zero-order valence-electron chi connectivity index (χ0n) is 15.8. The number of rotatable bonds is 9. The molecule has 0 radical (unpaired) electrons. The van der Waals surface area contributed by atoms with Crippen LogP contribution >= 0.6 is 11.6 Å². The zero-order chi connectivity index (χ0) is 20.5. The van der Waals surface area contributed by atoms with E-state index in [4.69, 9.17) is 21.1 Å². The molecular weight excluding hydrogens is 390 g/mol. The predicted molar refractivity (Wildman–Crippen MR) is 112 cm³/mol. The summed E-state index contributed by atoms with van der Waals surface area (Å²) in [5, 5.41) is 13.3. The second kappa shape index (κ2) is 10.5. The molecule has 150 valence electrons. The number of nitrogens with one attached hydrogen (secondary N) is 1. The van der Waals surface area contributed by atoms with Crippen molar-refractivity contribution in [2.24, 2.45) is 0 Å². The molecule has 5 nitrogen and oxygen atoms in total. The second-order valence-corrected chi connectivity index (χ2v) is 6.84. The Balaban J connectivity index is 1.39. The quantitative estimate of drug-likeness (QED) is 0.555. The van der Waals surface area contributed by atoms with Crippen molar-refractivity contribution in [1.82, 2.24) is 5.32 Å². The Morgan fingerprint density at radius 3 is 2.17 bits per heavy atom. The van der Waals surface area contributed by atoms with E-state index in [0.717, 1.165) is 11.3 Å². The number of ether oxygens (including phenoxy) is 2. The van der Waals surface area contributed by atoms with Gasteiger partial charge in [0.25, 0.3) is 5.91 Å². The van der Waals surface area contributed by atoms with Crippen molar-refractivity contribution in [3.63, 3.8) is 0 Å². The van der Waals surface area contributed by atoms with E-state index in [1.807, 2.05) is 30.3 Å². The molecule has 0 aliphatic heterocycles. The first-order valence-corrected chi connectivity index (χ1v) is 9.58. The number of aliphatic hydroxyl groups is 1. The molecule has 3 aromatic rings. The molecule has 0 aliphatic carbocycles.